The minimum absolute atomic E-state index is 0.119. The van der Waals surface area contributed by atoms with Gasteiger partial charge in [-0.1, -0.05) is 6.92 Å². The van der Waals surface area contributed by atoms with Crippen LogP contribution in [0.1, 0.15) is 13.3 Å². The first-order valence-electron chi connectivity index (χ1n) is 10.6. The van der Waals surface area contributed by atoms with E-state index in [1.54, 1.807) is 24.3 Å². The molecule has 0 fully saturated rings. The Hall–Kier alpha value is -2.83. The van der Waals surface area contributed by atoms with Crippen LogP contribution < -0.4 is 19.1 Å². The third kappa shape index (κ3) is 7.89. The normalized spacial score (nSPS) is 11.8. The monoisotopic (exact) mass is 513 g/mol. The zero-order valence-electron chi connectivity index (χ0n) is 19.7. The number of rotatable bonds is 13. The van der Waals surface area contributed by atoms with Gasteiger partial charge in [-0.15, -0.1) is 0 Å². The van der Waals surface area contributed by atoms with Crippen molar-refractivity contribution in [2.45, 2.75) is 18.2 Å². The van der Waals surface area contributed by atoms with Crippen molar-refractivity contribution in [3.63, 3.8) is 0 Å². The summed E-state index contributed by atoms with van der Waals surface area (Å²) in [5.74, 6) is 0.566. The third-order valence-electron chi connectivity index (χ3n) is 4.58. The lowest BCUT2D eigenvalue weighted by atomic mass is 10.3. The number of hydrogen-bond donors (Lipinski definition) is 1. The highest BCUT2D eigenvalue weighted by atomic mass is 32.2. The second-order valence-corrected chi connectivity index (χ2v) is 11.6. The van der Waals surface area contributed by atoms with Crippen molar-refractivity contribution in [2.75, 3.05) is 51.0 Å². The molecular weight excluding hydrogens is 482 g/mol. The molecule has 0 saturated heterocycles. The van der Waals surface area contributed by atoms with Crippen LogP contribution in [0.3, 0.4) is 0 Å². The fourth-order valence-electron chi connectivity index (χ4n) is 2.79. The minimum atomic E-state index is -3.69. The summed E-state index contributed by atoms with van der Waals surface area (Å²) in [5.41, 5.74) is 0.352. The molecule has 0 aliphatic carbocycles. The van der Waals surface area contributed by atoms with Crippen LogP contribution in [-0.4, -0.2) is 73.7 Å². The number of hydrogen-bond acceptors (Lipinski definition) is 7. The molecule has 34 heavy (non-hydrogen) atoms. The van der Waals surface area contributed by atoms with Gasteiger partial charge in [0.1, 0.15) is 24.7 Å². The van der Waals surface area contributed by atoms with Gasteiger partial charge < -0.3 is 14.8 Å². The van der Waals surface area contributed by atoms with Crippen LogP contribution in [0.2, 0.25) is 0 Å². The second-order valence-electron chi connectivity index (χ2n) is 7.57. The molecule has 0 aromatic heterocycles. The van der Waals surface area contributed by atoms with Crippen molar-refractivity contribution in [1.82, 2.24) is 9.62 Å². The number of sulfonamides is 2. The van der Waals surface area contributed by atoms with Gasteiger partial charge in [0.2, 0.25) is 26.0 Å². The van der Waals surface area contributed by atoms with Crippen LogP contribution in [0.25, 0.3) is 0 Å². The zero-order valence-corrected chi connectivity index (χ0v) is 21.4. The Bertz CT molecular complexity index is 1150. The van der Waals surface area contributed by atoms with E-state index in [4.69, 9.17) is 9.47 Å². The molecule has 2 aromatic rings. The molecule has 0 atom stereocenters. The van der Waals surface area contributed by atoms with Crippen LogP contribution in [0, 0.1) is 0 Å². The van der Waals surface area contributed by atoms with Gasteiger partial charge >= 0.3 is 0 Å². The highest BCUT2D eigenvalue weighted by molar-refractivity contribution is 7.92. The van der Waals surface area contributed by atoms with E-state index in [9.17, 15) is 21.6 Å². The fourth-order valence-corrected chi connectivity index (χ4v) is 4.55. The van der Waals surface area contributed by atoms with Gasteiger partial charge in [-0.3, -0.25) is 9.10 Å². The minimum Gasteiger partial charge on any atom is -0.494 e. The number of carbonyl (C=O) groups is 1. The molecular formula is C22H31N3O7S2. The van der Waals surface area contributed by atoms with Crippen molar-refractivity contribution >= 4 is 31.6 Å². The summed E-state index contributed by atoms with van der Waals surface area (Å²) in [6.45, 7) is 2.41. The predicted molar refractivity (Wildman–Crippen MR) is 130 cm³/mol. The first-order valence-corrected chi connectivity index (χ1v) is 13.9. The summed E-state index contributed by atoms with van der Waals surface area (Å²) in [5, 5.41) is 2.62. The number of anilines is 1. The summed E-state index contributed by atoms with van der Waals surface area (Å²) >= 11 is 0. The Morgan fingerprint density at radius 3 is 1.91 bits per heavy atom. The Kier molecular flexibility index (Phi) is 9.71. The highest BCUT2D eigenvalue weighted by Crippen LogP contribution is 2.22. The molecule has 0 saturated carbocycles. The fraction of sp³-hybridized carbons (Fsp3) is 0.409. The van der Waals surface area contributed by atoms with Crippen LogP contribution in [-0.2, 0) is 24.8 Å². The molecule has 0 unspecified atom stereocenters. The number of nitrogens with one attached hydrogen (secondary N) is 1. The van der Waals surface area contributed by atoms with E-state index in [1.165, 1.54) is 38.4 Å². The summed E-state index contributed by atoms with van der Waals surface area (Å²) in [4.78, 5) is 12.5. The molecule has 188 valence electrons. The molecule has 1 N–H and O–H groups in total. The Labute approximate surface area is 201 Å². The lowest BCUT2D eigenvalue weighted by Gasteiger charge is -2.22. The second kappa shape index (κ2) is 12.0. The van der Waals surface area contributed by atoms with Gasteiger partial charge in [0, 0.05) is 14.1 Å². The molecule has 0 aliphatic heterocycles. The maximum Gasteiger partial charge on any atom is 0.242 e. The van der Waals surface area contributed by atoms with Gasteiger partial charge in [-0.2, -0.15) is 0 Å². The SMILES string of the molecule is CCCOc1ccc(N(CC(=O)NCCOc2ccc(S(=O)(=O)N(C)C)cc2)S(C)(=O)=O)cc1. The highest BCUT2D eigenvalue weighted by Gasteiger charge is 2.21. The first-order chi connectivity index (χ1) is 15.9. The van der Waals surface area contributed by atoms with Gasteiger partial charge in [0.05, 0.1) is 30.0 Å². The van der Waals surface area contributed by atoms with E-state index >= 15 is 0 Å². The number of benzene rings is 2. The average molecular weight is 514 g/mol. The summed E-state index contributed by atoms with van der Waals surface area (Å²) in [6, 6.07) is 12.4. The van der Waals surface area contributed by atoms with Crippen molar-refractivity contribution < 1.29 is 31.1 Å². The quantitative estimate of drug-likeness (QED) is 0.405. The summed E-state index contributed by atoms with van der Waals surface area (Å²) < 4.78 is 61.8. The molecule has 0 heterocycles. The Morgan fingerprint density at radius 2 is 1.41 bits per heavy atom. The van der Waals surface area contributed by atoms with Crippen LogP contribution in [0.4, 0.5) is 5.69 Å². The average Bonchev–Trinajstić information content (AvgIpc) is 2.79. The molecule has 2 aromatic carbocycles. The van der Waals surface area contributed by atoms with E-state index in [-0.39, 0.29) is 24.6 Å². The first kappa shape index (κ1) is 27.4. The van der Waals surface area contributed by atoms with Gasteiger partial charge in [-0.05, 0) is 55.0 Å². The maximum absolute atomic E-state index is 12.3. The lowest BCUT2D eigenvalue weighted by Crippen LogP contribution is -2.41. The molecule has 0 bridgehead atoms. The maximum atomic E-state index is 12.3. The van der Waals surface area contributed by atoms with E-state index in [0.717, 1.165) is 21.3 Å². The number of ether oxygens (including phenoxy) is 2. The number of nitrogens with zero attached hydrogens (tertiary/aromatic N) is 2. The number of amides is 1. The van der Waals surface area contributed by atoms with Gasteiger partial charge in [-0.25, -0.2) is 21.1 Å². The smallest absolute Gasteiger partial charge is 0.242 e. The van der Waals surface area contributed by atoms with Gasteiger partial charge in [0.15, 0.2) is 0 Å². The largest absolute Gasteiger partial charge is 0.494 e. The predicted octanol–water partition coefficient (Wildman–Crippen LogP) is 1.69. The van der Waals surface area contributed by atoms with Crippen LogP contribution in [0.5, 0.6) is 11.5 Å². The molecule has 12 heteroatoms. The van der Waals surface area contributed by atoms with E-state index in [2.05, 4.69) is 5.32 Å². The van der Waals surface area contributed by atoms with Crippen LogP contribution >= 0.6 is 0 Å². The Balaban J connectivity index is 1.89. The lowest BCUT2D eigenvalue weighted by molar-refractivity contribution is -0.119. The van der Waals surface area contributed by atoms with Crippen molar-refractivity contribution in [2.24, 2.45) is 0 Å². The molecule has 0 aliphatic rings. The van der Waals surface area contributed by atoms with E-state index < -0.39 is 26.0 Å². The molecule has 10 nitrogen and oxygen atoms in total. The Morgan fingerprint density at radius 1 is 0.882 bits per heavy atom. The van der Waals surface area contributed by atoms with Crippen molar-refractivity contribution in [1.29, 1.82) is 0 Å². The van der Waals surface area contributed by atoms with Crippen molar-refractivity contribution in [3.05, 3.63) is 48.5 Å². The zero-order chi connectivity index (χ0) is 25.4. The topological polar surface area (TPSA) is 122 Å². The standard InChI is InChI=1S/C22H31N3O7S2/c1-5-15-31-19-8-6-18(7-9-19)25(33(4,27)28)17-22(26)23-14-16-32-20-10-12-21(13-11-20)34(29,30)24(2)3/h6-13H,5,14-17H2,1-4H3,(H,23,26). The molecule has 1 amide bonds. The van der Waals surface area contributed by atoms with Crippen LogP contribution in [0.15, 0.2) is 53.4 Å². The third-order valence-corrected chi connectivity index (χ3v) is 7.55. The van der Waals surface area contributed by atoms with Crippen molar-refractivity contribution in [3.8, 4) is 11.5 Å². The van der Waals surface area contributed by atoms with E-state index in [1.807, 2.05) is 6.92 Å². The van der Waals surface area contributed by atoms with Gasteiger partial charge in [0.25, 0.3) is 0 Å². The summed E-state index contributed by atoms with van der Waals surface area (Å²) in [7, 11) is -4.32. The molecule has 0 radical (unpaired) electrons. The van der Waals surface area contributed by atoms with E-state index in [0.29, 0.717) is 23.8 Å². The molecule has 0 spiro atoms. The summed E-state index contributed by atoms with van der Waals surface area (Å²) in [6.07, 6.45) is 1.88. The molecule has 2 rings (SSSR count). The number of carbonyl (C=O) groups excluding carboxylic acids is 1.